The number of aromatic nitrogens is 1. The first-order valence-electron chi connectivity index (χ1n) is 22.1. The topological polar surface area (TPSA) is 59.3 Å². The second-order valence-electron chi connectivity index (χ2n) is 15.5. The van der Waals surface area contributed by atoms with Crippen molar-refractivity contribution in [3.05, 3.63) is 99.1 Å². The van der Waals surface area contributed by atoms with Crippen LogP contribution in [0.1, 0.15) is 190 Å². The first kappa shape index (κ1) is 45.6. The Labute approximate surface area is 334 Å². The van der Waals surface area contributed by atoms with Crippen LogP contribution in [0, 0.1) is 15.9 Å². The van der Waals surface area contributed by atoms with Crippen LogP contribution >= 0.6 is 0 Å². The minimum Gasteiger partial charge on any atom is -0.372 e. The molecule has 55 heavy (non-hydrogen) atoms. The van der Waals surface area contributed by atoms with E-state index in [1.54, 1.807) is 12.2 Å². The zero-order valence-corrected chi connectivity index (χ0v) is 34.5. The van der Waals surface area contributed by atoms with Gasteiger partial charge in [-0.25, -0.2) is 0 Å². The summed E-state index contributed by atoms with van der Waals surface area (Å²) in [5.74, 6) is -0.847. The van der Waals surface area contributed by atoms with Crippen molar-refractivity contribution in [3.63, 3.8) is 0 Å². The molecule has 0 N–H and O–H groups in total. The lowest BCUT2D eigenvalue weighted by molar-refractivity contribution is -0.387. The summed E-state index contributed by atoms with van der Waals surface area (Å²) in [4.78, 5) is 17.3. The molecule has 0 atom stereocenters. The Kier molecular flexibility index (Phi) is 24.4. The summed E-state index contributed by atoms with van der Waals surface area (Å²) in [6.45, 7) is 6.85. The molecule has 1 aromatic heterocycles. The number of rotatable bonds is 32. The predicted molar refractivity (Wildman–Crippen MR) is 236 cm³/mol. The van der Waals surface area contributed by atoms with Crippen LogP contribution in [0.4, 0.5) is 15.8 Å². The number of halogens is 1. The molecule has 2 aromatic carbocycles. The van der Waals surface area contributed by atoms with Crippen molar-refractivity contribution < 1.29 is 9.31 Å². The minimum absolute atomic E-state index is 0.525. The SMILES string of the molecule is CCCCCCCCCCCCCCN(CCCCCCCCCCCCCC)c1ccc(C=Cc2ccc(C=Cc3ccc([N+](=O)[O-])c(F)c3)nc2)cc1. The lowest BCUT2D eigenvalue weighted by Gasteiger charge is -2.25. The van der Waals surface area contributed by atoms with Crippen LogP contribution < -0.4 is 4.90 Å². The number of hydrogen-bond donors (Lipinski definition) is 0. The summed E-state index contributed by atoms with van der Waals surface area (Å²) in [7, 11) is 0. The maximum absolute atomic E-state index is 14.0. The van der Waals surface area contributed by atoms with Crippen molar-refractivity contribution in [3.8, 4) is 0 Å². The maximum atomic E-state index is 14.0. The van der Waals surface area contributed by atoms with Crippen LogP contribution in [-0.2, 0) is 0 Å². The summed E-state index contributed by atoms with van der Waals surface area (Å²) in [6, 6.07) is 16.8. The highest BCUT2D eigenvalue weighted by atomic mass is 19.1. The fraction of sp³-hybridized carbons (Fsp3) is 0.571. The van der Waals surface area contributed by atoms with E-state index < -0.39 is 16.4 Å². The summed E-state index contributed by atoms with van der Waals surface area (Å²) in [6.07, 6.45) is 42.6. The second-order valence-corrected chi connectivity index (χ2v) is 15.5. The van der Waals surface area contributed by atoms with E-state index in [1.165, 1.54) is 172 Å². The molecule has 1 heterocycles. The van der Waals surface area contributed by atoms with Crippen molar-refractivity contribution in [2.24, 2.45) is 0 Å². The standard InChI is InChI=1S/C49H72FN3O2/c1-3-5-7-9-11-13-15-17-19-21-23-25-39-52(40-26-24-22-20-18-16-14-12-10-8-6-4-2)47-36-31-43(32-37-47)27-28-45-30-35-46(51-42-45)34-29-44-33-38-49(53(54)55)48(50)41-44/h27-38,41-42H,3-26,39-40H2,1-2H3. The molecule has 0 aliphatic heterocycles. The normalized spacial score (nSPS) is 11.6. The van der Waals surface area contributed by atoms with Gasteiger partial charge >= 0.3 is 5.69 Å². The molecule has 0 bridgehead atoms. The van der Waals surface area contributed by atoms with E-state index >= 15 is 0 Å². The Balaban J connectivity index is 1.45. The van der Waals surface area contributed by atoms with Crippen molar-refractivity contribution >= 4 is 35.7 Å². The highest BCUT2D eigenvalue weighted by molar-refractivity contribution is 5.72. The van der Waals surface area contributed by atoms with Gasteiger partial charge in [0.15, 0.2) is 0 Å². The highest BCUT2D eigenvalue weighted by Crippen LogP contribution is 2.22. The zero-order chi connectivity index (χ0) is 39.2. The van der Waals surface area contributed by atoms with Crippen molar-refractivity contribution in [1.82, 2.24) is 4.98 Å². The molecule has 302 valence electrons. The van der Waals surface area contributed by atoms with Gasteiger partial charge in [-0.15, -0.1) is 0 Å². The van der Waals surface area contributed by atoms with Gasteiger partial charge in [-0.3, -0.25) is 15.1 Å². The van der Waals surface area contributed by atoms with Gasteiger partial charge in [0.25, 0.3) is 0 Å². The molecular weight excluding hydrogens is 682 g/mol. The summed E-state index contributed by atoms with van der Waals surface area (Å²) < 4.78 is 14.0. The van der Waals surface area contributed by atoms with E-state index in [1.807, 2.05) is 18.3 Å². The van der Waals surface area contributed by atoms with Gasteiger partial charge in [0.1, 0.15) is 0 Å². The van der Waals surface area contributed by atoms with Crippen molar-refractivity contribution in [1.29, 1.82) is 0 Å². The molecule has 3 rings (SSSR count). The van der Waals surface area contributed by atoms with Crippen LogP contribution in [0.25, 0.3) is 24.3 Å². The van der Waals surface area contributed by atoms with E-state index in [0.29, 0.717) is 5.56 Å². The molecular formula is C49H72FN3O2. The predicted octanol–water partition coefficient (Wildman–Crippen LogP) is 15.7. The summed E-state index contributed by atoms with van der Waals surface area (Å²) in [5, 5.41) is 10.9. The third-order valence-electron chi connectivity index (χ3n) is 10.7. The Morgan fingerprint density at radius 3 is 1.40 bits per heavy atom. The molecule has 3 aromatic rings. The first-order valence-corrected chi connectivity index (χ1v) is 22.1. The molecule has 0 fully saturated rings. The third-order valence-corrected chi connectivity index (χ3v) is 10.7. The summed E-state index contributed by atoms with van der Waals surface area (Å²) >= 11 is 0. The van der Waals surface area contributed by atoms with Crippen molar-refractivity contribution in [2.75, 3.05) is 18.0 Å². The number of nitrogens with zero attached hydrogens (tertiary/aromatic N) is 3. The van der Waals surface area contributed by atoms with Gasteiger partial charge in [0, 0.05) is 31.0 Å². The minimum atomic E-state index is -0.847. The van der Waals surface area contributed by atoms with Gasteiger partial charge < -0.3 is 4.90 Å². The molecule has 0 radical (unpaired) electrons. The second kappa shape index (κ2) is 29.5. The van der Waals surface area contributed by atoms with Gasteiger partial charge in [-0.2, -0.15) is 4.39 Å². The Morgan fingerprint density at radius 1 is 0.545 bits per heavy atom. The molecule has 0 aliphatic rings. The average Bonchev–Trinajstić information content (AvgIpc) is 3.19. The molecule has 0 aliphatic carbocycles. The maximum Gasteiger partial charge on any atom is 0.304 e. The molecule has 0 unspecified atom stereocenters. The van der Waals surface area contributed by atoms with E-state index in [0.717, 1.165) is 36.0 Å². The molecule has 0 amide bonds. The lowest BCUT2D eigenvalue weighted by Crippen LogP contribution is -2.25. The fourth-order valence-corrected chi connectivity index (χ4v) is 7.22. The van der Waals surface area contributed by atoms with E-state index in [9.17, 15) is 14.5 Å². The van der Waals surface area contributed by atoms with E-state index in [2.05, 4.69) is 60.1 Å². The number of hydrogen-bond acceptors (Lipinski definition) is 4. The fourth-order valence-electron chi connectivity index (χ4n) is 7.22. The largest absolute Gasteiger partial charge is 0.372 e. The molecule has 6 heteroatoms. The number of pyridine rings is 1. The first-order chi connectivity index (χ1) is 27.0. The van der Waals surface area contributed by atoms with E-state index in [4.69, 9.17) is 0 Å². The van der Waals surface area contributed by atoms with Crippen LogP contribution in [0.15, 0.2) is 60.8 Å². The van der Waals surface area contributed by atoms with Gasteiger partial charge in [-0.1, -0.05) is 192 Å². The number of unbranched alkanes of at least 4 members (excludes halogenated alkanes) is 22. The highest BCUT2D eigenvalue weighted by Gasteiger charge is 2.13. The number of benzene rings is 2. The molecule has 0 saturated heterocycles. The van der Waals surface area contributed by atoms with Crippen LogP contribution in [0.2, 0.25) is 0 Å². The Bertz CT molecular complexity index is 1460. The third kappa shape index (κ3) is 20.6. The Hall–Kier alpha value is -3.80. The monoisotopic (exact) mass is 754 g/mol. The van der Waals surface area contributed by atoms with Crippen LogP contribution in [0.3, 0.4) is 0 Å². The van der Waals surface area contributed by atoms with Gasteiger partial charge in [0.05, 0.1) is 10.6 Å². The Morgan fingerprint density at radius 2 is 0.964 bits per heavy atom. The molecule has 5 nitrogen and oxygen atoms in total. The van der Waals surface area contributed by atoms with Crippen LogP contribution in [0.5, 0.6) is 0 Å². The number of nitro groups is 1. The lowest BCUT2D eigenvalue weighted by atomic mass is 10.0. The van der Waals surface area contributed by atoms with Gasteiger partial charge in [0.2, 0.25) is 5.82 Å². The molecule has 0 spiro atoms. The van der Waals surface area contributed by atoms with Gasteiger partial charge in [-0.05, 0) is 65.9 Å². The number of nitro benzene ring substituents is 1. The smallest absolute Gasteiger partial charge is 0.304 e. The zero-order valence-electron chi connectivity index (χ0n) is 34.5. The quantitative estimate of drug-likeness (QED) is 0.0362. The summed E-state index contributed by atoms with van der Waals surface area (Å²) in [5.41, 5.74) is 4.21. The average molecular weight is 754 g/mol. The molecule has 0 saturated carbocycles. The number of anilines is 1. The van der Waals surface area contributed by atoms with Crippen molar-refractivity contribution in [2.45, 2.75) is 168 Å². The van der Waals surface area contributed by atoms with E-state index in [-0.39, 0.29) is 0 Å². The van der Waals surface area contributed by atoms with Crippen LogP contribution in [-0.4, -0.2) is 23.0 Å².